The fraction of sp³-hybridized carbons (Fsp3) is 0.316. The second kappa shape index (κ2) is 5.72. The lowest BCUT2D eigenvalue weighted by Crippen LogP contribution is -2.42. The first-order valence-corrected chi connectivity index (χ1v) is 7.60. The quantitative estimate of drug-likeness (QED) is 0.759. The van der Waals surface area contributed by atoms with Crippen LogP contribution in [0.2, 0.25) is 0 Å². The Morgan fingerprint density at radius 2 is 1.71 bits per heavy atom. The van der Waals surface area contributed by atoms with Gasteiger partial charge in [0.2, 0.25) is 0 Å². The van der Waals surface area contributed by atoms with E-state index < -0.39 is 0 Å². The smallest absolute Gasteiger partial charge is 0.177 e. The zero-order valence-corrected chi connectivity index (χ0v) is 12.3. The molecular formula is C19H20O2. The molecule has 1 saturated carbocycles. The molecule has 2 aromatic carbocycles. The molecule has 0 aliphatic heterocycles. The molecule has 0 bridgehead atoms. The highest BCUT2D eigenvalue weighted by Gasteiger charge is 2.46. The van der Waals surface area contributed by atoms with E-state index in [1.54, 1.807) is 0 Å². The minimum atomic E-state index is -0.353. The van der Waals surface area contributed by atoms with Gasteiger partial charge in [0.05, 0.1) is 17.6 Å². The Morgan fingerprint density at radius 1 is 1.05 bits per heavy atom. The highest BCUT2D eigenvalue weighted by atomic mass is 16.5. The normalized spacial score (nSPS) is 16.0. The molecule has 1 aliphatic rings. The Balaban J connectivity index is 2.01. The second-order valence-electron chi connectivity index (χ2n) is 5.56. The zero-order valence-electron chi connectivity index (χ0n) is 12.3. The SMILES string of the molecule is CCOc1ccccc1C(=O)C1(c2ccccc2)CCC1. The summed E-state index contributed by atoms with van der Waals surface area (Å²) in [6, 6.07) is 17.7. The minimum Gasteiger partial charge on any atom is -0.493 e. The molecule has 0 amide bonds. The van der Waals surface area contributed by atoms with E-state index in [1.807, 2.05) is 49.4 Å². The molecule has 21 heavy (non-hydrogen) atoms. The molecule has 1 aliphatic carbocycles. The number of benzene rings is 2. The predicted octanol–water partition coefficient (Wildman–Crippen LogP) is 4.39. The predicted molar refractivity (Wildman–Crippen MR) is 83.9 cm³/mol. The third-order valence-corrected chi connectivity index (χ3v) is 4.40. The minimum absolute atomic E-state index is 0.198. The molecule has 0 spiro atoms. The van der Waals surface area contributed by atoms with Gasteiger partial charge in [-0.25, -0.2) is 0 Å². The maximum atomic E-state index is 13.2. The first-order valence-electron chi connectivity index (χ1n) is 7.60. The summed E-state index contributed by atoms with van der Waals surface area (Å²) < 4.78 is 5.64. The summed E-state index contributed by atoms with van der Waals surface area (Å²) in [7, 11) is 0. The molecule has 0 radical (unpaired) electrons. The molecule has 1 fully saturated rings. The lowest BCUT2D eigenvalue weighted by molar-refractivity contribution is 0.0785. The summed E-state index contributed by atoms with van der Waals surface area (Å²) >= 11 is 0. The first kappa shape index (κ1) is 13.9. The molecule has 108 valence electrons. The van der Waals surface area contributed by atoms with Crippen LogP contribution in [0.5, 0.6) is 5.75 Å². The van der Waals surface area contributed by atoms with Crippen LogP contribution in [-0.4, -0.2) is 12.4 Å². The third-order valence-electron chi connectivity index (χ3n) is 4.40. The van der Waals surface area contributed by atoms with E-state index in [0.29, 0.717) is 17.9 Å². The second-order valence-corrected chi connectivity index (χ2v) is 5.56. The van der Waals surface area contributed by atoms with Crippen molar-refractivity contribution in [3.8, 4) is 5.75 Å². The van der Waals surface area contributed by atoms with Gasteiger partial charge in [-0.1, -0.05) is 48.9 Å². The summed E-state index contributed by atoms with van der Waals surface area (Å²) in [4.78, 5) is 13.2. The highest BCUT2D eigenvalue weighted by molar-refractivity contribution is 6.06. The number of carbonyl (C=O) groups excluding carboxylic acids is 1. The molecule has 0 heterocycles. The van der Waals surface area contributed by atoms with Crippen molar-refractivity contribution in [2.75, 3.05) is 6.61 Å². The van der Waals surface area contributed by atoms with Crippen LogP contribution in [0.3, 0.4) is 0 Å². The van der Waals surface area contributed by atoms with Crippen molar-refractivity contribution in [2.45, 2.75) is 31.6 Å². The van der Waals surface area contributed by atoms with Crippen LogP contribution in [0, 0.1) is 0 Å². The van der Waals surface area contributed by atoms with Gasteiger partial charge in [-0.2, -0.15) is 0 Å². The van der Waals surface area contributed by atoms with Crippen LogP contribution < -0.4 is 4.74 Å². The van der Waals surface area contributed by atoms with Crippen molar-refractivity contribution >= 4 is 5.78 Å². The topological polar surface area (TPSA) is 26.3 Å². The Bertz CT molecular complexity index is 627. The lowest BCUT2D eigenvalue weighted by Gasteiger charge is -2.41. The standard InChI is InChI=1S/C19H20O2/c1-2-21-17-12-7-6-11-16(17)18(20)19(13-8-14-19)15-9-4-3-5-10-15/h3-7,9-12H,2,8,13-14H2,1H3. The molecule has 0 unspecified atom stereocenters. The van der Waals surface area contributed by atoms with Crippen molar-refractivity contribution in [1.29, 1.82) is 0 Å². The average molecular weight is 280 g/mol. The van der Waals surface area contributed by atoms with E-state index >= 15 is 0 Å². The van der Waals surface area contributed by atoms with Gasteiger partial charge >= 0.3 is 0 Å². The average Bonchev–Trinajstić information content (AvgIpc) is 2.48. The molecule has 0 saturated heterocycles. The van der Waals surface area contributed by atoms with Crippen LogP contribution in [0.25, 0.3) is 0 Å². The largest absolute Gasteiger partial charge is 0.493 e. The van der Waals surface area contributed by atoms with Gasteiger partial charge in [-0.3, -0.25) is 4.79 Å². The van der Waals surface area contributed by atoms with Crippen molar-refractivity contribution in [3.63, 3.8) is 0 Å². The third kappa shape index (κ3) is 2.35. The zero-order chi connectivity index (χ0) is 14.7. The van der Waals surface area contributed by atoms with Gasteiger partial charge in [0.25, 0.3) is 0 Å². The molecule has 3 rings (SSSR count). The number of carbonyl (C=O) groups is 1. The number of hydrogen-bond acceptors (Lipinski definition) is 2. The number of Topliss-reactive ketones (excluding diaryl/α,β-unsaturated/α-hetero) is 1. The van der Waals surface area contributed by atoms with Crippen LogP contribution in [0.4, 0.5) is 0 Å². The number of hydrogen-bond donors (Lipinski definition) is 0. The van der Waals surface area contributed by atoms with Crippen LogP contribution in [-0.2, 0) is 5.41 Å². The summed E-state index contributed by atoms with van der Waals surface area (Å²) in [6.45, 7) is 2.51. The summed E-state index contributed by atoms with van der Waals surface area (Å²) in [5.74, 6) is 0.899. The van der Waals surface area contributed by atoms with E-state index in [-0.39, 0.29) is 11.2 Å². The van der Waals surface area contributed by atoms with Gasteiger partial charge in [0.15, 0.2) is 5.78 Å². The van der Waals surface area contributed by atoms with Crippen LogP contribution in [0.15, 0.2) is 54.6 Å². The van der Waals surface area contributed by atoms with Crippen molar-refractivity contribution in [2.24, 2.45) is 0 Å². The number of ketones is 1. The van der Waals surface area contributed by atoms with Crippen molar-refractivity contribution in [1.82, 2.24) is 0 Å². The fourth-order valence-electron chi connectivity index (χ4n) is 3.13. The Kier molecular flexibility index (Phi) is 3.78. The highest BCUT2D eigenvalue weighted by Crippen LogP contribution is 2.47. The van der Waals surface area contributed by atoms with Gasteiger partial charge in [-0.05, 0) is 37.5 Å². The fourth-order valence-corrected chi connectivity index (χ4v) is 3.13. The first-order chi connectivity index (χ1) is 10.3. The molecule has 0 N–H and O–H groups in total. The van der Waals surface area contributed by atoms with Crippen LogP contribution >= 0.6 is 0 Å². The Hall–Kier alpha value is -2.09. The van der Waals surface area contributed by atoms with E-state index in [9.17, 15) is 4.79 Å². The Morgan fingerprint density at radius 3 is 2.33 bits per heavy atom. The Labute approximate surface area is 125 Å². The lowest BCUT2D eigenvalue weighted by atomic mass is 9.60. The molecule has 2 nitrogen and oxygen atoms in total. The maximum absolute atomic E-state index is 13.2. The molecule has 0 atom stereocenters. The van der Waals surface area contributed by atoms with Gasteiger partial charge in [-0.15, -0.1) is 0 Å². The number of rotatable bonds is 5. The van der Waals surface area contributed by atoms with Gasteiger partial charge in [0, 0.05) is 0 Å². The van der Waals surface area contributed by atoms with Crippen molar-refractivity contribution in [3.05, 3.63) is 65.7 Å². The number of para-hydroxylation sites is 1. The van der Waals surface area contributed by atoms with E-state index in [1.165, 1.54) is 0 Å². The number of ether oxygens (including phenoxy) is 1. The molecule has 2 aromatic rings. The molecular weight excluding hydrogens is 260 g/mol. The molecule has 0 aromatic heterocycles. The summed E-state index contributed by atoms with van der Waals surface area (Å²) in [5.41, 5.74) is 1.49. The van der Waals surface area contributed by atoms with E-state index in [0.717, 1.165) is 24.8 Å². The van der Waals surface area contributed by atoms with E-state index in [2.05, 4.69) is 12.1 Å². The van der Waals surface area contributed by atoms with Gasteiger partial charge in [0.1, 0.15) is 5.75 Å². The van der Waals surface area contributed by atoms with Gasteiger partial charge < -0.3 is 4.74 Å². The van der Waals surface area contributed by atoms with Crippen LogP contribution in [0.1, 0.15) is 42.1 Å². The van der Waals surface area contributed by atoms with Crippen molar-refractivity contribution < 1.29 is 9.53 Å². The summed E-state index contributed by atoms with van der Waals surface area (Å²) in [6.07, 6.45) is 2.96. The molecule has 2 heteroatoms. The summed E-state index contributed by atoms with van der Waals surface area (Å²) in [5, 5.41) is 0. The van der Waals surface area contributed by atoms with E-state index in [4.69, 9.17) is 4.74 Å². The maximum Gasteiger partial charge on any atom is 0.177 e. The monoisotopic (exact) mass is 280 g/mol.